The van der Waals surface area contributed by atoms with E-state index in [9.17, 15) is 0 Å². The minimum Gasteiger partial charge on any atom is -0.353 e. The van der Waals surface area contributed by atoms with Gasteiger partial charge in [-0.2, -0.15) is 10.2 Å². The maximum atomic E-state index is 5.72. The molecule has 0 radical (unpaired) electrons. The minimum atomic E-state index is 0.125. The van der Waals surface area contributed by atoms with Crippen LogP contribution in [0.2, 0.25) is 0 Å². The van der Waals surface area contributed by atoms with Crippen molar-refractivity contribution in [1.29, 1.82) is 0 Å². The first-order valence-corrected chi connectivity index (χ1v) is 12.0. The highest BCUT2D eigenvalue weighted by molar-refractivity contribution is 7.71. The Bertz CT molecular complexity index is 1370. The molecule has 34 heavy (non-hydrogen) atoms. The van der Waals surface area contributed by atoms with Crippen molar-refractivity contribution in [3.63, 3.8) is 0 Å². The van der Waals surface area contributed by atoms with Crippen LogP contribution in [0.3, 0.4) is 0 Å². The smallest absolute Gasteiger partial charge is 0.199 e. The normalized spacial score (nSPS) is 15.4. The standard InChI is InChI=1S/C24H31N9S/c1-24(2,3)18-8-6-17(7-9-18)20-28-33(23(34)29(20)4)16-31-10-12-32(13-11-31)22-19-14-27-30(5)21(19)25-15-26-22/h6-9,14-15H,10-13,16H2,1-5H3. The molecule has 178 valence electrons. The Hall–Kier alpha value is -3.11. The summed E-state index contributed by atoms with van der Waals surface area (Å²) in [5.74, 6) is 1.84. The van der Waals surface area contributed by atoms with E-state index in [-0.39, 0.29) is 5.41 Å². The van der Waals surface area contributed by atoms with E-state index >= 15 is 0 Å². The van der Waals surface area contributed by atoms with E-state index < -0.39 is 0 Å². The van der Waals surface area contributed by atoms with E-state index in [1.807, 2.05) is 29.5 Å². The van der Waals surface area contributed by atoms with Gasteiger partial charge in [-0.05, 0) is 23.2 Å². The molecule has 0 unspecified atom stereocenters. The molecule has 5 rings (SSSR count). The van der Waals surface area contributed by atoms with Gasteiger partial charge in [-0.1, -0.05) is 45.0 Å². The molecular weight excluding hydrogens is 446 g/mol. The van der Waals surface area contributed by atoms with Crippen molar-refractivity contribution in [3.8, 4) is 11.4 Å². The summed E-state index contributed by atoms with van der Waals surface area (Å²) in [7, 11) is 3.89. The zero-order valence-corrected chi connectivity index (χ0v) is 21.2. The van der Waals surface area contributed by atoms with E-state index in [4.69, 9.17) is 17.3 Å². The van der Waals surface area contributed by atoms with Gasteiger partial charge in [0.25, 0.3) is 0 Å². The van der Waals surface area contributed by atoms with Gasteiger partial charge >= 0.3 is 0 Å². The van der Waals surface area contributed by atoms with Gasteiger partial charge in [-0.15, -0.1) is 0 Å². The second kappa shape index (κ2) is 8.59. The summed E-state index contributed by atoms with van der Waals surface area (Å²) in [4.78, 5) is 13.6. The van der Waals surface area contributed by atoms with Crippen molar-refractivity contribution in [2.75, 3.05) is 31.1 Å². The molecule has 0 bridgehead atoms. The number of benzene rings is 1. The van der Waals surface area contributed by atoms with E-state index in [1.165, 1.54) is 5.56 Å². The number of hydrogen-bond acceptors (Lipinski definition) is 7. The van der Waals surface area contributed by atoms with Gasteiger partial charge in [0.1, 0.15) is 12.1 Å². The molecule has 1 saturated heterocycles. The molecule has 1 fully saturated rings. The third-order valence-corrected chi connectivity index (χ3v) is 7.05. The van der Waals surface area contributed by atoms with Crippen molar-refractivity contribution in [2.24, 2.45) is 14.1 Å². The topological polar surface area (TPSA) is 72.8 Å². The SMILES string of the molecule is Cn1c(-c2ccc(C(C)(C)C)cc2)nn(CN2CCN(c3ncnc4c3cnn4C)CC2)c1=S. The number of rotatable bonds is 4. The van der Waals surface area contributed by atoms with Crippen LogP contribution in [0.5, 0.6) is 0 Å². The Morgan fingerprint density at radius 2 is 1.68 bits per heavy atom. The Balaban J connectivity index is 1.29. The number of hydrogen-bond donors (Lipinski definition) is 0. The third kappa shape index (κ3) is 4.12. The highest BCUT2D eigenvalue weighted by Gasteiger charge is 2.22. The fourth-order valence-corrected chi connectivity index (χ4v) is 4.63. The van der Waals surface area contributed by atoms with Crippen LogP contribution in [0.25, 0.3) is 22.4 Å². The second-order valence-corrected chi connectivity index (χ2v) is 10.3. The molecule has 3 aromatic heterocycles. The lowest BCUT2D eigenvalue weighted by molar-refractivity contribution is 0.194. The van der Waals surface area contributed by atoms with Gasteiger partial charge < -0.3 is 9.47 Å². The second-order valence-electron chi connectivity index (χ2n) is 9.94. The lowest BCUT2D eigenvalue weighted by Crippen LogP contribution is -2.47. The highest BCUT2D eigenvalue weighted by Crippen LogP contribution is 2.26. The van der Waals surface area contributed by atoms with Gasteiger partial charge in [-0.3, -0.25) is 9.58 Å². The molecule has 0 saturated carbocycles. The highest BCUT2D eigenvalue weighted by atomic mass is 32.1. The molecule has 0 aliphatic carbocycles. The van der Waals surface area contributed by atoms with E-state index in [0.717, 1.165) is 59.2 Å². The minimum absolute atomic E-state index is 0.125. The monoisotopic (exact) mass is 477 g/mol. The van der Waals surface area contributed by atoms with Crippen LogP contribution in [-0.4, -0.2) is 65.2 Å². The zero-order chi connectivity index (χ0) is 24.0. The summed E-state index contributed by atoms with van der Waals surface area (Å²) in [6.45, 7) is 10.9. The average Bonchev–Trinajstić information content (AvgIpc) is 3.34. The molecule has 0 amide bonds. The van der Waals surface area contributed by atoms with Crippen LogP contribution in [0, 0.1) is 4.77 Å². The predicted octanol–water partition coefficient (Wildman–Crippen LogP) is 3.37. The van der Waals surface area contributed by atoms with Crippen LogP contribution in [0.4, 0.5) is 5.82 Å². The Morgan fingerprint density at radius 1 is 0.971 bits per heavy atom. The molecule has 1 aliphatic heterocycles. The first-order valence-electron chi connectivity index (χ1n) is 11.6. The average molecular weight is 478 g/mol. The van der Waals surface area contributed by atoms with Crippen LogP contribution in [0.1, 0.15) is 26.3 Å². The van der Waals surface area contributed by atoms with Crippen molar-refractivity contribution >= 4 is 29.1 Å². The van der Waals surface area contributed by atoms with E-state index in [0.29, 0.717) is 6.67 Å². The van der Waals surface area contributed by atoms with Gasteiger partial charge in [0.05, 0.1) is 18.3 Å². The van der Waals surface area contributed by atoms with Crippen LogP contribution in [0.15, 0.2) is 36.8 Å². The summed E-state index contributed by atoms with van der Waals surface area (Å²) in [5.41, 5.74) is 3.37. The lowest BCUT2D eigenvalue weighted by atomic mass is 9.87. The van der Waals surface area contributed by atoms with Crippen molar-refractivity contribution in [2.45, 2.75) is 32.9 Å². The van der Waals surface area contributed by atoms with Crippen molar-refractivity contribution in [3.05, 3.63) is 47.1 Å². The molecule has 4 aromatic rings. The molecule has 10 heteroatoms. The molecule has 4 heterocycles. The van der Waals surface area contributed by atoms with Crippen LogP contribution < -0.4 is 4.90 Å². The van der Waals surface area contributed by atoms with Gasteiger partial charge in [0, 0.05) is 45.8 Å². The summed E-state index contributed by atoms with van der Waals surface area (Å²) in [6, 6.07) is 8.65. The number of aryl methyl sites for hydroxylation is 1. The van der Waals surface area contributed by atoms with Gasteiger partial charge in [0.2, 0.25) is 0 Å². The number of nitrogens with zero attached hydrogens (tertiary/aromatic N) is 9. The van der Waals surface area contributed by atoms with Crippen LogP contribution >= 0.6 is 12.2 Å². The summed E-state index contributed by atoms with van der Waals surface area (Å²) >= 11 is 5.72. The molecular formula is C24H31N9S. The van der Waals surface area contributed by atoms with Crippen LogP contribution in [-0.2, 0) is 26.2 Å². The van der Waals surface area contributed by atoms with E-state index in [2.05, 4.69) is 69.9 Å². The fraction of sp³-hybridized carbons (Fsp3) is 0.458. The first-order chi connectivity index (χ1) is 16.2. The number of anilines is 1. The molecule has 1 aromatic carbocycles. The number of piperazine rings is 1. The maximum Gasteiger partial charge on any atom is 0.199 e. The third-order valence-electron chi connectivity index (χ3n) is 6.56. The summed E-state index contributed by atoms with van der Waals surface area (Å²) < 4.78 is 6.44. The molecule has 9 nitrogen and oxygen atoms in total. The fourth-order valence-electron chi connectivity index (χ4n) is 4.44. The molecule has 0 N–H and O–H groups in total. The van der Waals surface area contributed by atoms with E-state index in [1.54, 1.807) is 11.0 Å². The summed E-state index contributed by atoms with van der Waals surface area (Å²) in [5, 5.41) is 10.2. The molecule has 0 spiro atoms. The Kier molecular flexibility index (Phi) is 5.73. The van der Waals surface area contributed by atoms with Gasteiger partial charge in [-0.25, -0.2) is 14.6 Å². The first kappa shape index (κ1) is 22.7. The van der Waals surface area contributed by atoms with Gasteiger partial charge in [0.15, 0.2) is 16.2 Å². The lowest BCUT2D eigenvalue weighted by Gasteiger charge is -2.35. The largest absolute Gasteiger partial charge is 0.353 e. The molecule has 1 aliphatic rings. The number of fused-ring (bicyclic) bond motifs is 1. The Labute approximate surface area is 204 Å². The van der Waals surface area contributed by atoms with Crippen molar-refractivity contribution < 1.29 is 0 Å². The zero-order valence-electron chi connectivity index (χ0n) is 20.4. The Morgan fingerprint density at radius 3 is 2.35 bits per heavy atom. The predicted molar refractivity (Wildman–Crippen MR) is 136 cm³/mol. The van der Waals surface area contributed by atoms with Crippen molar-refractivity contribution in [1.82, 2.24) is 39.0 Å². The number of aromatic nitrogens is 7. The quantitative estimate of drug-likeness (QED) is 0.417. The summed E-state index contributed by atoms with van der Waals surface area (Å²) in [6.07, 6.45) is 3.47. The maximum absolute atomic E-state index is 5.72. The molecule has 0 atom stereocenters.